The molecule has 0 aromatic carbocycles. The summed E-state index contributed by atoms with van der Waals surface area (Å²) in [4.78, 5) is 16.2. The smallest absolute Gasteiger partial charge is 0.277 e. The van der Waals surface area contributed by atoms with E-state index in [1.54, 1.807) is 24.4 Å². The summed E-state index contributed by atoms with van der Waals surface area (Å²) >= 11 is 0. The lowest BCUT2D eigenvalue weighted by Crippen LogP contribution is -2.41. The second-order valence-corrected chi connectivity index (χ2v) is 4.70. The summed E-state index contributed by atoms with van der Waals surface area (Å²) < 4.78 is 27.7. The lowest BCUT2D eigenvalue weighted by Gasteiger charge is -2.14. The molecule has 0 aliphatic carbocycles. The fourth-order valence-corrected chi connectivity index (χ4v) is 1.96. The standard InChI is InChI=1S/C14H17F2N5O.2ClH/c1-2-11-10(13(22)19-9-14(15,16)8-17)7-20-21(11)12-5-3-4-6-18-12;;/h3-7H,2,8-9,17H2,1H3,(H,19,22);2*1H. The molecule has 1 amide bonds. The summed E-state index contributed by atoms with van der Waals surface area (Å²) in [5.41, 5.74) is 5.80. The average Bonchev–Trinajstić information content (AvgIpc) is 2.97. The molecule has 0 unspecified atom stereocenters. The largest absolute Gasteiger partial charge is 0.346 e. The summed E-state index contributed by atoms with van der Waals surface area (Å²) in [5.74, 6) is -3.17. The van der Waals surface area contributed by atoms with Crippen molar-refractivity contribution in [2.24, 2.45) is 5.73 Å². The summed E-state index contributed by atoms with van der Waals surface area (Å²) in [6, 6.07) is 5.31. The summed E-state index contributed by atoms with van der Waals surface area (Å²) in [6.45, 7) is 0.225. The number of halogens is 4. The Morgan fingerprint density at radius 2 is 2.08 bits per heavy atom. The van der Waals surface area contributed by atoms with Gasteiger partial charge >= 0.3 is 0 Å². The first kappa shape index (κ1) is 22.2. The molecule has 3 N–H and O–H groups in total. The van der Waals surface area contributed by atoms with E-state index in [1.807, 2.05) is 6.92 Å². The third-order valence-corrected chi connectivity index (χ3v) is 3.12. The van der Waals surface area contributed by atoms with Gasteiger partial charge in [-0.15, -0.1) is 24.8 Å². The topological polar surface area (TPSA) is 85.8 Å². The maximum absolute atomic E-state index is 13.1. The van der Waals surface area contributed by atoms with Gasteiger partial charge < -0.3 is 11.1 Å². The first-order valence-electron chi connectivity index (χ1n) is 6.83. The number of aromatic nitrogens is 3. The van der Waals surface area contributed by atoms with E-state index >= 15 is 0 Å². The molecule has 6 nitrogen and oxygen atoms in total. The first-order chi connectivity index (χ1) is 10.5. The van der Waals surface area contributed by atoms with Crippen LogP contribution in [0.4, 0.5) is 8.78 Å². The Bertz CT molecular complexity index is 652. The lowest BCUT2D eigenvalue weighted by atomic mass is 10.2. The van der Waals surface area contributed by atoms with Crippen LogP contribution in [-0.2, 0) is 6.42 Å². The minimum absolute atomic E-state index is 0. The summed E-state index contributed by atoms with van der Waals surface area (Å²) in [5, 5.41) is 6.31. The molecular weight excluding hydrogens is 363 g/mol. The predicted molar refractivity (Wildman–Crippen MR) is 91.6 cm³/mol. The number of hydrogen-bond donors (Lipinski definition) is 2. The second-order valence-electron chi connectivity index (χ2n) is 4.70. The number of carbonyl (C=O) groups is 1. The third kappa shape index (κ3) is 5.12. The van der Waals surface area contributed by atoms with Crippen LogP contribution < -0.4 is 11.1 Å². The molecule has 2 aromatic rings. The number of nitrogens with zero attached hydrogens (tertiary/aromatic N) is 3. The highest BCUT2D eigenvalue weighted by atomic mass is 35.5. The van der Waals surface area contributed by atoms with Crippen LogP contribution in [0.1, 0.15) is 23.0 Å². The number of rotatable bonds is 6. The molecule has 0 fully saturated rings. The van der Waals surface area contributed by atoms with E-state index < -0.39 is 24.9 Å². The Kier molecular flexibility index (Phi) is 8.81. The van der Waals surface area contributed by atoms with Crippen LogP contribution in [0.3, 0.4) is 0 Å². The zero-order chi connectivity index (χ0) is 16.2. The van der Waals surface area contributed by atoms with Crippen molar-refractivity contribution in [1.82, 2.24) is 20.1 Å². The maximum Gasteiger partial charge on any atom is 0.277 e. The van der Waals surface area contributed by atoms with Crippen LogP contribution in [0.15, 0.2) is 30.6 Å². The van der Waals surface area contributed by atoms with Crippen molar-refractivity contribution in [3.63, 3.8) is 0 Å². The zero-order valence-corrected chi connectivity index (χ0v) is 14.5. The number of alkyl halides is 2. The normalized spacial score (nSPS) is 10.5. The van der Waals surface area contributed by atoms with Gasteiger partial charge in [0, 0.05) is 6.20 Å². The Morgan fingerprint density at radius 1 is 1.38 bits per heavy atom. The van der Waals surface area contributed by atoms with Crippen molar-refractivity contribution in [1.29, 1.82) is 0 Å². The molecule has 10 heteroatoms. The van der Waals surface area contributed by atoms with Gasteiger partial charge in [-0.05, 0) is 18.6 Å². The van der Waals surface area contributed by atoms with Gasteiger partial charge in [-0.25, -0.2) is 18.4 Å². The molecule has 0 bridgehead atoms. The van der Waals surface area contributed by atoms with E-state index in [0.29, 0.717) is 17.9 Å². The minimum atomic E-state index is -3.13. The number of amides is 1. The molecule has 24 heavy (non-hydrogen) atoms. The predicted octanol–water partition coefficient (Wildman–Crippen LogP) is 2.00. The van der Waals surface area contributed by atoms with Crippen molar-refractivity contribution < 1.29 is 13.6 Å². The molecule has 0 saturated carbocycles. The zero-order valence-electron chi connectivity index (χ0n) is 12.9. The van der Waals surface area contributed by atoms with Gasteiger partial charge in [-0.2, -0.15) is 5.10 Å². The molecular formula is C14H19Cl2F2N5O. The fourth-order valence-electron chi connectivity index (χ4n) is 1.96. The molecule has 0 aliphatic rings. The van der Waals surface area contributed by atoms with Gasteiger partial charge in [0.2, 0.25) is 0 Å². The molecule has 0 spiro atoms. The van der Waals surface area contributed by atoms with Gasteiger partial charge in [0.15, 0.2) is 5.82 Å². The number of hydrogen-bond acceptors (Lipinski definition) is 4. The Labute approximate surface area is 150 Å². The number of nitrogens with one attached hydrogen (secondary N) is 1. The van der Waals surface area contributed by atoms with E-state index in [2.05, 4.69) is 15.4 Å². The molecule has 0 atom stereocenters. The van der Waals surface area contributed by atoms with Gasteiger partial charge in [0.05, 0.1) is 30.5 Å². The number of carbonyl (C=O) groups excluding carboxylic acids is 1. The first-order valence-corrected chi connectivity index (χ1v) is 6.83. The Morgan fingerprint density at radius 3 is 2.62 bits per heavy atom. The van der Waals surface area contributed by atoms with Gasteiger partial charge in [0.25, 0.3) is 11.8 Å². The van der Waals surface area contributed by atoms with E-state index in [-0.39, 0.29) is 30.4 Å². The highest BCUT2D eigenvalue weighted by Crippen LogP contribution is 2.15. The van der Waals surface area contributed by atoms with Crippen molar-refractivity contribution in [2.45, 2.75) is 19.3 Å². The second kappa shape index (κ2) is 9.51. The molecule has 0 saturated heterocycles. The van der Waals surface area contributed by atoms with Crippen molar-refractivity contribution >= 4 is 30.7 Å². The SMILES string of the molecule is CCc1c(C(=O)NCC(F)(F)CN)cnn1-c1ccccn1.Cl.Cl. The van der Waals surface area contributed by atoms with Crippen LogP contribution in [0.25, 0.3) is 5.82 Å². The Balaban J connectivity index is 0.00000264. The molecule has 2 aromatic heterocycles. The van der Waals surface area contributed by atoms with Crippen LogP contribution in [0, 0.1) is 0 Å². The van der Waals surface area contributed by atoms with Gasteiger partial charge in [-0.3, -0.25) is 4.79 Å². The van der Waals surface area contributed by atoms with E-state index in [0.717, 1.165) is 0 Å². The summed E-state index contributed by atoms with van der Waals surface area (Å²) in [7, 11) is 0. The van der Waals surface area contributed by atoms with Crippen LogP contribution in [0.2, 0.25) is 0 Å². The number of nitrogens with two attached hydrogens (primary N) is 1. The average molecular weight is 382 g/mol. The van der Waals surface area contributed by atoms with Crippen molar-refractivity contribution in [3.8, 4) is 5.82 Å². The van der Waals surface area contributed by atoms with Crippen LogP contribution in [0.5, 0.6) is 0 Å². The Hall–Kier alpha value is -1.77. The molecule has 0 radical (unpaired) electrons. The van der Waals surface area contributed by atoms with Gasteiger partial charge in [-0.1, -0.05) is 13.0 Å². The molecule has 134 valence electrons. The monoisotopic (exact) mass is 381 g/mol. The van der Waals surface area contributed by atoms with E-state index in [9.17, 15) is 13.6 Å². The summed E-state index contributed by atoms with van der Waals surface area (Å²) in [6.07, 6.45) is 3.47. The van der Waals surface area contributed by atoms with Crippen LogP contribution in [-0.4, -0.2) is 39.7 Å². The van der Waals surface area contributed by atoms with E-state index in [1.165, 1.54) is 10.9 Å². The highest BCUT2D eigenvalue weighted by molar-refractivity contribution is 5.95. The van der Waals surface area contributed by atoms with Gasteiger partial charge in [0.1, 0.15) is 0 Å². The lowest BCUT2D eigenvalue weighted by molar-refractivity contribution is 0.0118. The highest BCUT2D eigenvalue weighted by Gasteiger charge is 2.28. The maximum atomic E-state index is 13.1. The van der Waals surface area contributed by atoms with Crippen molar-refractivity contribution in [2.75, 3.05) is 13.1 Å². The number of pyridine rings is 1. The quantitative estimate of drug-likeness (QED) is 0.800. The van der Waals surface area contributed by atoms with E-state index in [4.69, 9.17) is 5.73 Å². The fraction of sp³-hybridized carbons (Fsp3) is 0.357. The molecule has 2 heterocycles. The minimum Gasteiger partial charge on any atom is -0.346 e. The molecule has 2 rings (SSSR count). The van der Waals surface area contributed by atoms with Crippen molar-refractivity contribution in [3.05, 3.63) is 41.9 Å². The molecule has 0 aliphatic heterocycles. The third-order valence-electron chi connectivity index (χ3n) is 3.12. The van der Waals surface area contributed by atoms with Crippen LogP contribution >= 0.6 is 24.8 Å².